The van der Waals surface area contributed by atoms with E-state index >= 15 is 0 Å². The Morgan fingerprint density at radius 3 is 0.938 bits per heavy atom. The molecule has 0 aliphatic carbocycles. The molecule has 0 bridgehead atoms. The molecule has 0 radical (unpaired) electrons. The number of rotatable bonds is 8. The summed E-state index contributed by atoms with van der Waals surface area (Å²) in [6, 6.07) is 0. The molecule has 3 nitrogen and oxygen atoms in total. The van der Waals surface area contributed by atoms with Gasteiger partial charge in [0.2, 0.25) is 0 Å². The van der Waals surface area contributed by atoms with E-state index in [1.165, 1.54) is 6.92 Å². The molecule has 0 amide bonds. The van der Waals surface area contributed by atoms with Crippen LogP contribution in [-0.4, -0.2) is 63.7 Å². The van der Waals surface area contributed by atoms with Crippen LogP contribution in [0.1, 0.15) is 13.8 Å². The van der Waals surface area contributed by atoms with Crippen molar-refractivity contribution in [1.82, 2.24) is 0 Å². The first-order chi connectivity index (χ1) is 13.4. The van der Waals surface area contributed by atoms with Crippen LogP contribution in [-0.2, 0) is 4.79 Å². The SMILES string of the molecule is C=C(C)C(=O)O.CC(F)(F)C(F)(F)C(F)(F)C(F)(F)C(F)(F)C(F)(F)C(F)(F)C(O)(F)F. The summed E-state index contributed by atoms with van der Waals surface area (Å²) in [6.45, 7) is 3.37. The van der Waals surface area contributed by atoms with Crippen molar-refractivity contribution < 1.29 is 85.3 Å². The van der Waals surface area contributed by atoms with Gasteiger partial charge in [-0.2, -0.15) is 70.2 Å². The van der Waals surface area contributed by atoms with Crippen molar-refractivity contribution in [2.45, 2.75) is 61.4 Å². The van der Waals surface area contributed by atoms with Gasteiger partial charge in [0.25, 0.3) is 0 Å². The molecular formula is C13H10F16O3. The van der Waals surface area contributed by atoms with Gasteiger partial charge in [0.05, 0.1) is 0 Å². The number of aliphatic hydroxyl groups is 1. The monoisotopic (exact) mass is 518 g/mol. The van der Waals surface area contributed by atoms with Crippen LogP contribution in [0, 0.1) is 0 Å². The maximum Gasteiger partial charge on any atom is 0.423 e. The maximum absolute atomic E-state index is 13.0. The van der Waals surface area contributed by atoms with Crippen LogP contribution in [0.3, 0.4) is 0 Å². The smallest absolute Gasteiger partial charge is 0.423 e. The Morgan fingerprint density at radius 1 is 0.594 bits per heavy atom. The number of aliphatic carboxylic acids is 1. The van der Waals surface area contributed by atoms with Crippen molar-refractivity contribution in [3.05, 3.63) is 12.2 Å². The van der Waals surface area contributed by atoms with Crippen molar-refractivity contribution in [3.63, 3.8) is 0 Å². The quantitative estimate of drug-likeness (QED) is 0.321. The van der Waals surface area contributed by atoms with E-state index in [0.29, 0.717) is 0 Å². The van der Waals surface area contributed by atoms with Crippen molar-refractivity contribution in [2.75, 3.05) is 0 Å². The molecule has 0 spiro atoms. The number of hydrogen-bond acceptors (Lipinski definition) is 2. The Morgan fingerprint density at radius 2 is 0.781 bits per heavy atom. The molecule has 0 heterocycles. The standard InChI is InChI=1S/C9H4F16O.C4H6O2/c1-2(10,11)3(12,13)4(14,15)5(16,17)6(18,19)7(20,21)8(22,23)9(24,25)26;1-3(2)4(5)6/h26H,1H3;1H2,2H3,(H,5,6). The second-order valence-corrected chi connectivity index (χ2v) is 5.96. The molecule has 0 atom stereocenters. The first-order valence-corrected chi connectivity index (χ1v) is 7.03. The number of carbonyl (C=O) groups is 1. The summed E-state index contributed by atoms with van der Waals surface area (Å²) in [5.41, 5.74) is 0.176. The molecule has 0 aromatic heterocycles. The van der Waals surface area contributed by atoms with E-state index < -0.39 is 60.5 Å². The average Bonchev–Trinajstić information content (AvgIpc) is 2.52. The fraction of sp³-hybridized carbons (Fsp3) is 0.769. The van der Waals surface area contributed by atoms with Crippen LogP contribution in [0.15, 0.2) is 12.2 Å². The Hall–Kier alpha value is -1.95. The van der Waals surface area contributed by atoms with Crippen molar-refractivity contribution in [2.24, 2.45) is 0 Å². The molecular weight excluding hydrogens is 508 g/mol. The normalized spacial score (nSPS) is 15.1. The average molecular weight is 518 g/mol. The van der Waals surface area contributed by atoms with E-state index in [9.17, 15) is 75.0 Å². The number of alkyl halides is 16. The molecule has 0 fully saturated rings. The number of hydrogen-bond donors (Lipinski definition) is 2. The van der Waals surface area contributed by atoms with Gasteiger partial charge >= 0.3 is 53.5 Å². The van der Waals surface area contributed by atoms with E-state index in [0.717, 1.165) is 0 Å². The molecule has 2 N–H and O–H groups in total. The van der Waals surface area contributed by atoms with E-state index in [1.54, 1.807) is 0 Å². The summed E-state index contributed by atoms with van der Waals surface area (Å²) in [7, 11) is 0. The zero-order valence-electron chi connectivity index (χ0n) is 15.1. The molecule has 0 saturated carbocycles. The van der Waals surface area contributed by atoms with Crippen LogP contribution >= 0.6 is 0 Å². The van der Waals surface area contributed by atoms with Crippen molar-refractivity contribution in [1.29, 1.82) is 0 Å². The topological polar surface area (TPSA) is 57.5 Å². The summed E-state index contributed by atoms with van der Waals surface area (Å²) in [5, 5.41) is 15.3. The number of carboxylic acids is 1. The zero-order valence-corrected chi connectivity index (χ0v) is 15.1. The predicted molar refractivity (Wildman–Crippen MR) is 69.9 cm³/mol. The molecule has 0 aromatic rings. The fourth-order valence-electron chi connectivity index (χ4n) is 1.25. The molecule has 192 valence electrons. The highest BCUT2D eigenvalue weighted by molar-refractivity contribution is 5.84. The Labute approximate surface area is 166 Å². The summed E-state index contributed by atoms with van der Waals surface area (Å²) >= 11 is 0. The van der Waals surface area contributed by atoms with Gasteiger partial charge in [0, 0.05) is 12.5 Å². The Kier molecular flexibility index (Phi) is 8.50. The minimum atomic E-state index is -8.48. The van der Waals surface area contributed by atoms with Gasteiger partial charge in [-0.3, -0.25) is 0 Å². The van der Waals surface area contributed by atoms with E-state index in [4.69, 9.17) is 10.2 Å². The van der Waals surface area contributed by atoms with Crippen LogP contribution in [0.4, 0.5) is 70.2 Å². The van der Waals surface area contributed by atoms with Gasteiger partial charge in [-0.25, -0.2) is 4.79 Å². The molecule has 32 heavy (non-hydrogen) atoms. The number of carboxylic acid groups (broad SMARTS) is 1. The highest BCUT2D eigenvalue weighted by atomic mass is 19.4. The van der Waals surface area contributed by atoms with Crippen LogP contribution in [0.2, 0.25) is 0 Å². The lowest BCUT2D eigenvalue weighted by molar-refractivity contribution is -0.468. The third-order valence-corrected chi connectivity index (χ3v) is 3.27. The summed E-state index contributed by atoms with van der Waals surface area (Å²) in [5.74, 6) is -56.0. The largest absolute Gasteiger partial charge is 0.478 e. The van der Waals surface area contributed by atoms with E-state index in [2.05, 4.69) is 6.58 Å². The van der Waals surface area contributed by atoms with Gasteiger partial charge in [0.15, 0.2) is 0 Å². The second-order valence-electron chi connectivity index (χ2n) is 5.96. The summed E-state index contributed by atoms with van der Waals surface area (Å²) in [6.07, 6.45) is -7.23. The highest BCUT2D eigenvalue weighted by Crippen LogP contribution is 2.63. The van der Waals surface area contributed by atoms with Crippen LogP contribution in [0.25, 0.3) is 0 Å². The minimum absolute atomic E-state index is 0.176. The van der Waals surface area contributed by atoms with Gasteiger partial charge in [-0.05, 0) is 6.92 Å². The van der Waals surface area contributed by atoms with Crippen LogP contribution < -0.4 is 0 Å². The Balaban J connectivity index is 0. The number of halogens is 16. The molecule has 0 aliphatic heterocycles. The molecule has 19 heteroatoms. The molecule has 0 saturated heterocycles. The first kappa shape index (κ1) is 32.2. The molecule has 0 aliphatic rings. The minimum Gasteiger partial charge on any atom is -0.478 e. The molecule has 0 rings (SSSR count). The van der Waals surface area contributed by atoms with Crippen molar-refractivity contribution in [3.8, 4) is 0 Å². The third kappa shape index (κ3) is 4.85. The van der Waals surface area contributed by atoms with Gasteiger partial charge in [-0.15, -0.1) is 0 Å². The van der Waals surface area contributed by atoms with E-state index in [-0.39, 0.29) is 5.57 Å². The summed E-state index contributed by atoms with van der Waals surface area (Å²) < 4.78 is 202. The van der Waals surface area contributed by atoms with Gasteiger partial charge in [0.1, 0.15) is 0 Å². The first-order valence-electron chi connectivity index (χ1n) is 7.03. The zero-order chi connectivity index (χ0) is 27.2. The Bertz CT molecular complexity index is 641. The summed E-state index contributed by atoms with van der Waals surface area (Å²) in [4.78, 5) is 9.60. The molecule has 0 aromatic carbocycles. The van der Waals surface area contributed by atoms with Crippen LogP contribution in [0.5, 0.6) is 0 Å². The highest BCUT2D eigenvalue weighted by Gasteiger charge is 2.94. The fourth-order valence-corrected chi connectivity index (χ4v) is 1.25. The lowest BCUT2D eigenvalue weighted by Gasteiger charge is -2.42. The molecule has 0 unspecified atom stereocenters. The third-order valence-electron chi connectivity index (χ3n) is 3.27. The lowest BCUT2D eigenvalue weighted by atomic mass is 9.89. The van der Waals surface area contributed by atoms with Crippen molar-refractivity contribution >= 4 is 5.97 Å². The van der Waals surface area contributed by atoms with Gasteiger partial charge in [-0.1, -0.05) is 6.58 Å². The van der Waals surface area contributed by atoms with Gasteiger partial charge < -0.3 is 10.2 Å². The second kappa shape index (κ2) is 8.44. The maximum atomic E-state index is 13.0. The van der Waals surface area contributed by atoms with E-state index in [1.807, 2.05) is 0 Å². The lowest BCUT2D eigenvalue weighted by Crippen LogP contribution is -2.74. The predicted octanol–water partition coefficient (Wildman–Crippen LogP) is 5.69.